The van der Waals surface area contributed by atoms with Gasteiger partial charge in [0.05, 0.1) is 0 Å². The van der Waals surface area contributed by atoms with Gasteiger partial charge in [-0.05, 0) is 23.1 Å². The van der Waals surface area contributed by atoms with Gasteiger partial charge < -0.3 is 9.47 Å². The second-order valence-electron chi connectivity index (χ2n) is 4.72. The number of esters is 2. The van der Waals surface area contributed by atoms with E-state index in [4.69, 9.17) is 9.47 Å². The van der Waals surface area contributed by atoms with Crippen LogP contribution in [-0.2, 0) is 25.7 Å². The quantitative estimate of drug-likeness (QED) is 0.368. The molecule has 0 N–H and O–H groups in total. The van der Waals surface area contributed by atoms with Crippen molar-refractivity contribution < 1.29 is 19.1 Å². The first-order valence-electron chi connectivity index (χ1n) is 7.33. The average molecular weight is 320 g/mol. The number of carbonyl (C=O) groups is 2. The van der Waals surface area contributed by atoms with E-state index in [1.54, 1.807) is 6.08 Å². The van der Waals surface area contributed by atoms with E-state index in [1.807, 2.05) is 60.7 Å². The lowest BCUT2D eigenvalue weighted by Gasteiger charge is -1.99. The Balaban J connectivity index is 1.68. The molecule has 0 aliphatic carbocycles. The second kappa shape index (κ2) is 9.65. The molecule has 2 rings (SSSR count). The average Bonchev–Trinajstić information content (AvgIpc) is 2.63. The minimum absolute atomic E-state index is 0.161. The molecular formula is C20H16O4. The number of rotatable bonds is 5. The van der Waals surface area contributed by atoms with Gasteiger partial charge in [-0.3, -0.25) is 0 Å². The van der Waals surface area contributed by atoms with Crippen molar-refractivity contribution in [1.29, 1.82) is 0 Å². The van der Waals surface area contributed by atoms with E-state index in [9.17, 15) is 9.59 Å². The van der Waals surface area contributed by atoms with Crippen molar-refractivity contribution >= 4 is 18.0 Å². The molecular weight excluding hydrogens is 304 g/mol. The lowest BCUT2D eigenvalue weighted by atomic mass is 10.2. The fourth-order valence-electron chi connectivity index (χ4n) is 1.75. The summed E-state index contributed by atoms with van der Waals surface area (Å²) in [6, 6.07) is 18.7. The van der Waals surface area contributed by atoms with E-state index in [0.29, 0.717) is 0 Å². The molecule has 24 heavy (non-hydrogen) atoms. The first-order valence-corrected chi connectivity index (χ1v) is 7.33. The van der Waals surface area contributed by atoms with Gasteiger partial charge in [-0.1, -0.05) is 60.7 Å². The van der Waals surface area contributed by atoms with Gasteiger partial charge in [-0.25, -0.2) is 9.59 Å². The lowest BCUT2D eigenvalue weighted by molar-refractivity contribution is -0.138. The fraction of sp³-hybridized carbons (Fsp3) is 0.100. The number of ether oxygens (including phenoxy) is 2. The normalized spacial score (nSPS) is 9.83. The third kappa shape index (κ3) is 6.63. The minimum Gasteiger partial charge on any atom is -0.451 e. The van der Waals surface area contributed by atoms with Crippen molar-refractivity contribution in [3.63, 3.8) is 0 Å². The monoisotopic (exact) mass is 320 g/mol. The number of hydrogen-bond donors (Lipinski definition) is 0. The summed E-state index contributed by atoms with van der Waals surface area (Å²) in [7, 11) is 0. The first-order chi connectivity index (χ1) is 11.7. The predicted molar refractivity (Wildman–Crippen MR) is 90.4 cm³/mol. The minimum atomic E-state index is -0.658. The van der Waals surface area contributed by atoms with Crippen LogP contribution in [0.2, 0.25) is 0 Å². The molecule has 0 radical (unpaired) electrons. The molecule has 2 aromatic rings. The number of carbonyl (C=O) groups excluding carboxylic acids is 2. The molecule has 2 aromatic carbocycles. The zero-order valence-corrected chi connectivity index (χ0v) is 13.0. The first kappa shape index (κ1) is 17.0. The van der Waals surface area contributed by atoms with Gasteiger partial charge in [0.2, 0.25) is 0 Å². The summed E-state index contributed by atoms with van der Waals surface area (Å²) in [6.45, 7) is -0.00758. The molecule has 0 aliphatic rings. The molecule has 0 atom stereocenters. The van der Waals surface area contributed by atoms with Gasteiger partial charge in [0.15, 0.2) is 6.61 Å². The van der Waals surface area contributed by atoms with Gasteiger partial charge in [0.25, 0.3) is 0 Å². The molecule has 4 nitrogen and oxygen atoms in total. The highest BCUT2D eigenvalue weighted by Gasteiger charge is 1.98. The molecule has 120 valence electrons. The van der Waals surface area contributed by atoms with Crippen LogP contribution in [0, 0.1) is 11.8 Å². The summed E-state index contributed by atoms with van der Waals surface area (Å²) >= 11 is 0. The Bertz CT molecular complexity index is 752. The Morgan fingerprint density at radius 2 is 1.58 bits per heavy atom. The maximum atomic E-state index is 11.5. The largest absolute Gasteiger partial charge is 0.451 e. The molecule has 4 heteroatoms. The number of benzene rings is 2. The molecule has 0 bridgehead atoms. The summed E-state index contributed by atoms with van der Waals surface area (Å²) in [5, 5.41) is 0. The van der Waals surface area contributed by atoms with Gasteiger partial charge in [-0.15, -0.1) is 0 Å². The van der Waals surface area contributed by atoms with Crippen molar-refractivity contribution in [2.24, 2.45) is 0 Å². The van der Waals surface area contributed by atoms with Gasteiger partial charge in [0.1, 0.15) is 6.61 Å². The predicted octanol–water partition coefficient (Wildman–Crippen LogP) is 2.99. The zero-order valence-electron chi connectivity index (χ0n) is 13.0. The fourth-order valence-corrected chi connectivity index (χ4v) is 1.75. The Kier molecular flexibility index (Phi) is 6.85. The summed E-state index contributed by atoms with van der Waals surface area (Å²) in [6.07, 6.45) is 2.95. The maximum Gasteiger partial charge on any atom is 0.384 e. The number of hydrogen-bond acceptors (Lipinski definition) is 4. The summed E-state index contributed by atoms with van der Waals surface area (Å²) < 4.78 is 9.84. The molecule has 0 saturated heterocycles. The zero-order chi connectivity index (χ0) is 17.0. The molecule has 0 aromatic heterocycles. The third-order valence-corrected chi connectivity index (χ3v) is 2.90. The third-order valence-electron chi connectivity index (χ3n) is 2.90. The van der Waals surface area contributed by atoms with Crippen LogP contribution in [0.3, 0.4) is 0 Å². The van der Waals surface area contributed by atoms with Crippen LogP contribution in [0.25, 0.3) is 6.08 Å². The van der Waals surface area contributed by atoms with Crippen LogP contribution in [-0.4, -0.2) is 18.5 Å². The van der Waals surface area contributed by atoms with Crippen LogP contribution >= 0.6 is 0 Å². The Hall–Kier alpha value is -3.32. The van der Waals surface area contributed by atoms with E-state index in [1.165, 1.54) is 6.08 Å². The molecule has 0 heterocycles. The van der Waals surface area contributed by atoms with E-state index < -0.39 is 11.9 Å². The van der Waals surface area contributed by atoms with Gasteiger partial charge in [-0.2, -0.15) is 0 Å². The summed E-state index contributed by atoms with van der Waals surface area (Å²) in [4.78, 5) is 22.9. The molecule has 0 unspecified atom stereocenters. The van der Waals surface area contributed by atoms with Crippen LogP contribution < -0.4 is 0 Å². The maximum absolute atomic E-state index is 11.5. The van der Waals surface area contributed by atoms with Gasteiger partial charge in [0, 0.05) is 12.0 Å². The van der Waals surface area contributed by atoms with Crippen molar-refractivity contribution in [1.82, 2.24) is 0 Å². The van der Waals surface area contributed by atoms with Crippen molar-refractivity contribution in [2.45, 2.75) is 6.61 Å². The standard InChI is InChI=1S/C20H16O4/c21-19(24-16-18-10-5-2-6-11-18)12-7-15-23-20(22)14-13-17-8-3-1-4-9-17/h1-6,8-11,13-14H,15-16H2/b14-13+. The van der Waals surface area contributed by atoms with Gasteiger partial charge >= 0.3 is 11.9 Å². The highest BCUT2D eigenvalue weighted by Crippen LogP contribution is 2.01. The molecule has 0 aliphatic heterocycles. The van der Waals surface area contributed by atoms with E-state index in [2.05, 4.69) is 11.8 Å². The Labute approximate surface area is 140 Å². The SMILES string of the molecule is O=C(C#CCOC(=O)/C=C/c1ccccc1)OCc1ccccc1. The van der Waals surface area contributed by atoms with Crippen molar-refractivity contribution in [2.75, 3.05) is 6.61 Å². The summed E-state index contributed by atoms with van der Waals surface area (Å²) in [5.74, 6) is 3.54. The van der Waals surface area contributed by atoms with E-state index in [-0.39, 0.29) is 13.2 Å². The summed E-state index contributed by atoms with van der Waals surface area (Å²) in [5.41, 5.74) is 1.77. The topological polar surface area (TPSA) is 52.6 Å². The smallest absolute Gasteiger partial charge is 0.384 e. The van der Waals surface area contributed by atoms with Crippen LogP contribution in [0.4, 0.5) is 0 Å². The highest BCUT2D eigenvalue weighted by molar-refractivity contribution is 5.89. The molecule has 0 amide bonds. The highest BCUT2D eigenvalue weighted by atomic mass is 16.5. The second-order valence-corrected chi connectivity index (χ2v) is 4.72. The van der Waals surface area contributed by atoms with Crippen molar-refractivity contribution in [3.05, 3.63) is 77.9 Å². The molecule has 0 fully saturated rings. The van der Waals surface area contributed by atoms with Crippen molar-refractivity contribution in [3.8, 4) is 11.8 Å². The van der Waals surface area contributed by atoms with Crippen LogP contribution in [0.1, 0.15) is 11.1 Å². The molecule has 0 saturated carbocycles. The Morgan fingerprint density at radius 3 is 2.29 bits per heavy atom. The van der Waals surface area contributed by atoms with E-state index in [0.717, 1.165) is 11.1 Å². The lowest BCUT2D eigenvalue weighted by Crippen LogP contribution is -2.03. The van der Waals surface area contributed by atoms with E-state index >= 15 is 0 Å². The van der Waals surface area contributed by atoms with Crippen LogP contribution in [0.5, 0.6) is 0 Å². The molecule has 0 spiro atoms. The van der Waals surface area contributed by atoms with Crippen LogP contribution in [0.15, 0.2) is 66.7 Å². The Morgan fingerprint density at radius 1 is 0.917 bits per heavy atom.